The molecule has 0 bridgehead atoms. The maximum Gasteiger partial charge on any atom is 0.141 e. The summed E-state index contributed by atoms with van der Waals surface area (Å²) in [5, 5.41) is 3.18. The Labute approximate surface area is 127 Å². The zero-order chi connectivity index (χ0) is 14.5. The molecule has 2 nitrogen and oxygen atoms in total. The second kappa shape index (κ2) is 6.86. The van der Waals surface area contributed by atoms with E-state index in [2.05, 4.69) is 21.2 Å². The highest BCUT2D eigenvalue weighted by atomic mass is 79.9. The maximum absolute atomic E-state index is 13.4. The smallest absolute Gasteiger partial charge is 0.141 e. The Morgan fingerprint density at radius 3 is 2.60 bits per heavy atom. The van der Waals surface area contributed by atoms with E-state index >= 15 is 0 Å². The molecule has 0 radical (unpaired) electrons. The largest absolute Gasteiger partial charge is 0.456 e. The van der Waals surface area contributed by atoms with Crippen LogP contribution in [0.4, 0.5) is 4.39 Å². The average Bonchev–Trinajstić information content (AvgIpc) is 2.41. The Bertz CT molecular complexity index is 601. The number of hydrogen-bond acceptors (Lipinski definition) is 2. The molecule has 106 valence electrons. The summed E-state index contributed by atoms with van der Waals surface area (Å²) in [6.45, 7) is 5.43. The summed E-state index contributed by atoms with van der Waals surface area (Å²) in [4.78, 5) is 0. The number of nitrogens with one attached hydrogen (secondary N) is 1. The Balaban J connectivity index is 2.27. The van der Waals surface area contributed by atoms with Crippen molar-refractivity contribution < 1.29 is 9.13 Å². The molecule has 0 amide bonds. The SMILES string of the molecule is CCNCc1cc(F)ccc1Oc1ccc(C)cc1Br. The third-order valence-corrected chi connectivity index (χ3v) is 3.51. The molecule has 0 spiro atoms. The molecule has 2 aromatic rings. The first-order chi connectivity index (χ1) is 9.60. The van der Waals surface area contributed by atoms with Gasteiger partial charge in [-0.25, -0.2) is 4.39 Å². The number of halogens is 2. The minimum atomic E-state index is -0.256. The highest BCUT2D eigenvalue weighted by molar-refractivity contribution is 9.10. The van der Waals surface area contributed by atoms with Gasteiger partial charge in [-0.05, 0) is 65.3 Å². The van der Waals surface area contributed by atoms with Crippen molar-refractivity contribution in [1.82, 2.24) is 5.32 Å². The van der Waals surface area contributed by atoms with Crippen LogP contribution in [0.2, 0.25) is 0 Å². The zero-order valence-corrected chi connectivity index (χ0v) is 13.1. The van der Waals surface area contributed by atoms with Gasteiger partial charge in [0.25, 0.3) is 0 Å². The van der Waals surface area contributed by atoms with Crippen LogP contribution in [0, 0.1) is 12.7 Å². The molecule has 0 aliphatic heterocycles. The zero-order valence-electron chi connectivity index (χ0n) is 11.5. The molecule has 0 aliphatic carbocycles. The predicted octanol–water partition coefficient (Wildman–Crippen LogP) is 4.80. The van der Waals surface area contributed by atoms with E-state index in [4.69, 9.17) is 4.74 Å². The van der Waals surface area contributed by atoms with E-state index in [0.29, 0.717) is 12.3 Å². The van der Waals surface area contributed by atoms with Crippen molar-refractivity contribution in [3.05, 3.63) is 57.8 Å². The lowest BCUT2D eigenvalue weighted by Crippen LogP contribution is -2.12. The van der Waals surface area contributed by atoms with E-state index in [1.54, 1.807) is 6.07 Å². The van der Waals surface area contributed by atoms with Crippen molar-refractivity contribution in [2.24, 2.45) is 0 Å². The van der Waals surface area contributed by atoms with Crippen LogP contribution in [0.25, 0.3) is 0 Å². The molecular weight excluding hydrogens is 321 g/mol. The molecule has 2 rings (SSSR count). The summed E-state index contributed by atoms with van der Waals surface area (Å²) in [6.07, 6.45) is 0. The van der Waals surface area contributed by atoms with Gasteiger partial charge in [-0.15, -0.1) is 0 Å². The number of rotatable bonds is 5. The van der Waals surface area contributed by atoms with Gasteiger partial charge in [0.15, 0.2) is 0 Å². The third kappa shape index (κ3) is 3.81. The monoisotopic (exact) mass is 337 g/mol. The van der Waals surface area contributed by atoms with Gasteiger partial charge >= 0.3 is 0 Å². The van der Waals surface area contributed by atoms with Crippen molar-refractivity contribution in [2.75, 3.05) is 6.54 Å². The second-order valence-corrected chi connectivity index (χ2v) is 5.42. The first-order valence-corrected chi connectivity index (χ1v) is 7.32. The highest BCUT2D eigenvalue weighted by Gasteiger charge is 2.08. The summed E-state index contributed by atoms with van der Waals surface area (Å²) in [5.41, 5.74) is 1.95. The van der Waals surface area contributed by atoms with E-state index in [1.165, 1.54) is 12.1 Å². The average molecular weight is 338 g/mol. The number of aryl methyl sites for hydroxylation is 1. The molecule has 0 heterocycles. The standard InChI is InChI=1S/C16H17BrFNO/c1-3-19-10-12-9-13(18)5-7-15(12)20-16-6-4-11(2)8-14(16)17/h4-9,19H,3,10H2,1-2H3. The summed E-state index contributed by atoms with van der Waals surface area (Å²) in [5.74, 6) is 1.13. The van der Waals surface area contributed by atoms with Crippen LogP contribution in [0.5, 0.6) is 11.5 Å². The molecular formula is C16H17BrFNO. The summed E-state index contributed by atoms with van der Waals surface area (Å²) < 4.78 is 20.1. The fourth-order valence-electron chi connectivity index (χ4n) is 1.85. The fraction of sp³-hybridized carbons (Fsp3) is 0.250. The Morgan fingerprint density at radius 2 is 1.90 bits per heavy atom. The van der Waals surface area contributed by atoms with E-state index in [9.17, 15) is 4.39 Å². The van der Waals surface area contributed by atoms with Crippen LogP contribution < -0.4 is 10.1 Å². The van der Waals surface area contributed by atoms with Crippen LogP contribution in [-0.2, 0) is 6.54 Å². The molecule has 4 heteroatoms. The molecule has 2 aromatic carbocycles. The normalized spacial score (nSPS) is 10.6. The topological polar surface area (TPSA) is 21.3 Å². The highest BCUT2D eigenvalue weighted by Crippen LogP contribution is 2.32. The minimum Gasteiger partial charge on any atom is -0.456 e. The van der Waals surface area contributed by atoms with Crippen LogP contribution in [0.3, 0.4) is 0 Å². The molecule has 0 saturated carbocycles. The summed E-state index contributed by atoms with van der Waals surface area (Å²) in [6, 6.07) is 10.4. The fourth-order valence-corrected chi connectivity index (χ4v) is 2.43. The van der Waals surface area contributed by atoms with Crippen molar-refractivity contribution >= 4 is 15.9 Å². The van der Waals surface area contributed by atoms with Crippen molar-refractivity contribution in [3.63, 3.8) is 0 Å². The van der Waals surface area contributed by atoms with Gasteiger partial charge in [-0.3, -0.25) is 0 Å². The van der Waals surface area contributed by atoms with E-state index < -0.39 is 0 Å². The first kappa shape index (κ1) is 15.0. The van der Waals surface area contributed by atoms with E-state index in [1.807, 2.05) is 32.0 Å². The Hall–Kier alpha value is -1.39. The van der Waals surface area contributed by atoms with Crippen LogP contribution in [0.1, 0.15) is 18.1 Å². The Kier molecular flexibility index (Phi) is 5.15. The minimum absolute atomic E-state index is 0.256. The molecule has 20 heavy (non-hydrogen) atoms. The lowest BCUT2D eigenvalue weighted by atomic mass is 10.2. The van der Waals surface area contributed by atoms with Crippen LogP contribution >= 0.6 is 15.9 Å². The molecule has 0 unspecified atom stereocenters. The number of ether oxygens (including phenoxy) is 1. The van der Waals surface area contributed by atoms with Gasteiger partial charge in [0.05, 0.1) is 4.47 Å². The lowest BCUT2D eigenvalue weighted by molar-refractivity contribution is 0.467. The molecule has 0 saturated heterocycles. The molecule has 1 N–H and O–H groups in total. The van der Waals surface area contributed by atoms with Crippen molar-refractivity contribution in [2.45, 2.75) is 20.4 Å². The first-order valence-electron chi connectivity index (χ1n) is 6.53. The molecule has 0 fully saturated rings. The molecule has 0 atom stereocenters. The van der Waals surface area contributed by atoms with Crippen molar-refractivity contribution in [3.8, 4) is 11.5 Å². The second-order valence-electron chi connectivity index (χ2n) is 4.57. The predicted molar refractivity (Wildman–Crippen MR) is 82.7 cm³/mol. The molecule has 0 aliphatic rings. The summed E-state index contributed by atoms with van der Waals surface area (Å²) >= 11 is 3.48. The van der Waals surface area contributed by atoms with Crippen LogP contribution in [0.15, 0.2) is 40.9 Å². The van der Waals surface area contributed by atoms with Gasteiger partial charge in [-0.2, -0.15) is 0 Å². The van der Waals surface area contributed by atoms with E-state index in [-0.39, 0.29) is 5.82 Å². The van der Waals surface area contributed by atoms with Gasteiger partial charge in [0, 0.05) is 12.1 Å². The lowest BCUT2D eigenvalue weighted by Gasteiger charge is -2.13. The number of hydrogen-bond donors (Lipinski definition) is 1. The van der Waals surface area contributed by atoms with Gasteiger partial charge < -0.3 is 10.1 Å². The number of benzene rings is 2. The third-order valence-electron chi connectivity index (χ3n) is 2.90. The van der Waals surface area contributed by atoms with E-state index in [0.717, 1.165) is 27.9 Å². The van der Waals surface area contributed by atoms with Gasteiger partial charge in [-0.1, -0.05) is 13.0 Å². The molecule has 0 aromatic heterocycles. The summed E-state index contributed by atoms with van der Waals surface area (Å²) in [7, 11) is 0. The van der Waals surface area contributed by atoms with Gasteiger partial charge in [0.1, 0.15) is 17.3 Å². The quantitative estimate of drug-likeness (QED) is 0.846. The maximum atomic E-state index is 13.4. The van der Waals surface area contributed by atoms with Crippen molar-refractivity contribution in [1.29, 1.82) is 0 Å². The Morgan fingerprint density at radius 1 is 1.15 bits per heavy atom. The van der Waals surface area contributed by atoms with Gasteiger partial charge in [0.2, 0.25) is 0 Å². The van der Waals surface area contributed by atoms with Crippen LogP contribution in [-0.4, -0.2) is 6.54 Å².